The van der Waals surface area contributed by atoms with E-state index in [1.54, 1.807) is 0 Å². The second kappa shape index (κ2) is 10.6. The van der Waals surface area contributed by atoms with E-state index in [1.807, 2.05) is 6.92 Å². The van der Waals surface area contributed by atoms with Gasteiger partial charge in [0.05, 0.1) is 6.42 Å². The number of nitrogens with zero attached hydrogens (tertiary/aromatic N) is 1. The van der Waals surface area contributed by atoms with Crippen LogP contribution in [0.1, 0.15) is 40.0 Å². The maximum atomic E-state index is 11.5. The molecule has 0 aliphatic carbocycles. The first-order valence-corrected chi connectivity index (χ1v) is 7.01. The molecule has 112 valence electrons. The molecule has 0 bridgehead atoms. The van der Waals surface area contributed by atoms with Crippen LogP contribution in [0.5, 0.6) is 0 Å². The van der Waals surface area contributed by atoms with Crippen molar-refractivity contribution in [3.63, 3.8) is 0 Å². The lowest BCUT2D eigenvalue weighted by Crippen LogP contribution is -2.43. The van der Waals surface area contributed by atoms with Gasteiger partial charge in [0.2, 0.25) is 0 Å². The van der Waals surface area contributed by atoms with Gasteiger partial charge in [0.25, 0.3) is 0 Å². The van der Waals surface area contributed by atoms with E-state index in [0.29, 0.717) is 13.0 Å². The second-order valence-electron chi connectivity index (χ2n) is 4.48. The molecule has 0 rings (SSSR count). The standard InChI is InChI=1S/C13H27N3O3/c1-4-11(10-12(17)18)15-13(19)14-8-7-9-16(5-2)6-3/h11H,4-10H2,1-3H3,(H,17,18)(H2,14,15,19). The lowest BCUT2D eigenvalue weighted by molar-refractivity contribution is -0.137. The number of urea groups is 1. The molecule has 0 saturated heterocycles. The molecule has 0 heterocycles. The van der Waals surface area contributed by atoms with Crippen LogP contribution in [-0.2, 0) is 4.79 Å². The van der Waals surface area contributed by atoms with Crippen LogP contribution >= 0.6 is 0 Å². The molecule has 0 radical (unpaired) electrons. The van der Waals surface area contributed by atoms with Crippen molar-refractivity contribution in [3.05, 3.63) is 0 Å². The molecule has 0 fully saturated rings. The molecule has 6 nitrogen and oxygen atoms in total. The highest BCUT2D eigenvalue weighted by atomic mass is 16.4. The van der Waals surface area contributed by atoms with Crippen molar-refractivity contribution in [2.45, 2.75) is 46.1 Å². The molecule has 0 saturated carbocycles. The summed E-state index contributed by atoms with van der Waals surface area (Å²) in [6.07, 6.45) is 1.47. The normalized spacial score (nSPS) is 12.2. The summed E-state index contributed by atoms with van der Waals surface area (Å²) in [6, 6.07) is -0.590. The van der Waals surface area contributed by atoms with Crippen molar-refractivity contribution in [2.75, 3.05) is 26.2 Å². The van der Waals surface area contributed by atoms with E-state index in [-0.39, 0.29) is 18.5 Å². The zero-order chi connectivity index (χ0) is 14.7. The zero-order valence-corrected chi connectivity index (χ0v) is 12.2. The van der Waals surface area contributed by atoms with E-state index in [2.05, 4.69) is 29.4 Å². The third-order valence-corrected chi connectivity index (χ3v) is 3.08. The molecule has 0 spiro atoms. The fourth-order valence-corrected chi connectivity index (χ4v) is 1.79. The predicted octanol–water partition coefficient (Wildman–Crippen LogP) is 1.27. The van der Waals surface area contributed by atoms with Crippen molar-refractivity contribution in [1.29, 1.82) is 0 Å². The maximum absolute atomic E-state index is 11.5. The van der Waals surface area contributed by atoms with Crippen LogP contribution in [-0.4, -0.2) is 54.2 Å². The van der Waals surface area contributed by atoms with Crippen molar-refractivity contribution in [3.8, 4) is 0 Å². The lowest BCUT2D eigenvalue weighted by Gasteiger charge is -2.18. The number of nitrogens with one attached hydrogen (secondary N) is 2. The zero-order valence-electron chi connectivity index (χ0n) is 12.2. The molecule has 0 aromatic rings. The number of hydrogen-bond acceptors (Lipinski definition) is 3. The fraction of sp³-hybridized carbons (Fsp3) is 0.846. The minimum Gasteiger partial charge on any atom is -0.481 e. The van der Waals surface area contributed by atoms with Crippen LogP contribution in [0.25, 0.3) is 0 Å². The first-order valence-electron chi connectivity index (χ1n) is 7.01. The van der Waals surface area contributed by atoms with Gasteiger partial charge in [0.1, 0.15) is 0 Å². The Hall–Kier alpha value is -1.30. The first-order chi connectivity index (χ1) is 9.03. The molecule has 0 aromatic heterocycles. The van der Waals surface area contributed by atoms with Gasteiger partial charge in [-0.2, -0.15) is 0 Å². The maximum Gasteiger partial charge on any atom is 0.315 e. The summed E-state index contributed by atoms with van der Waals surface area (Å²) in [5.74, 6) is -0.895. The fourth-order valence-electron chi connectivity index (χ4n) is 1.79. The van der Waals surface area contributed by atoms with Crippen molar-refractivity contribution in [1.82, 2.24) is 15.5 Å². The van der Waals surface area contributed by atoms with E-state index in [9.17, 15) is 9.59 Å². The summed E-state index contributed by atoms with van der Waals surface area (Å²) >= 11 is 0. The number of rotatable bonds is 10. The minimum absolute atomic E-state index is 0.0383. The summed E-state index contributed by atoms with van der Waals surface area (Å²) in [4.78, 5) is 24.4. The molecule has 0 aliphatic heterocycles. The van der Waals surface area contributed by atoms with Gasteiger partial charge in [-0.3, -0.25) is 4.79 Å². The Morgan fingerprint density at radius 1 is 1.21 bits per heavy atom. The van der Waals surface area contributed by atoms with Gasteiger partial charge >= 0.3 is 12.0 Å². The summed E-state index contributed by atoms with van der Waals surface area (Å²) in [6.45, 7) is 9.67. The number of aliphatic carboxylic acids is 1. The second-order valence-corrected chi connectivity index (χ2v) is 4.48. The Kier molecular flexibility index (Phi) is 9.88. The van der Waals surface area contributed by atoms with Crippen molar-refractivity contribution >= 4 is 12.0 Å². The van der Waals surface area contributed by atoms with Crippen LogP contribution in [0.4, 0.5) is 4.79 Å². The minimum atomic E-state index is -0.895. The number of hydrogen-bond donors (Lipinski definition) is 3. The van der Waals surface area contributed by atoms with E-state index < -0.39 is 5.97 Å². The third-order valence-electron chi connectivity index (χ3n) is 3.08. The average Bonchev–Trinajstić information content (AvgIpc) is 2.37. The monoisotopic (exact) mass is 273 g/mol. The van der Waals surface area contributed by atoms with Gasteiger partial charge in [0, 0.05) is 12.6 Å². The summed E-state index contributed by atoms with van der Waals surface area (Å²) in [5, 5.41) is 14.1. The molecule has 2 amide bonds. The van der Waals surface area contributed by atoms with Crippen LogP contribution in [0.3, 0.4) is 0 Å². The van der Waals surface area contributed by atoms with E-state index in [4.69, 9.17) is 5.11 Å². The van der Waals surface area contributed by atoms with E-state index >= 15 is 0 Å². The molecular formula is C13H27N3O3. The number of carbonyl (C=O) groups is 2. The van der Waals surface area contributed by atoms with Gasteiger partial charge in [-0.25, -0.2) is 4.79 Å². The van der Waals surface area contributed by atoms with Crippen LogP contribution in [0, 0.1) is 0 Å². The van der Waals surface area contributed by atoms with Gasteiger partial charge in [-0.05, 0) is 32.5 Å². The van der Waals surface area contributed by atoms with E-state index in [1.165, 1.54) is 0 Å². The highest BCUT2D eigenvalue weighted by Gasteiger charge is 2.13. The van der Waals surface area contributed by atoms with Gasteiger partial charge in [0.15, 0.2) is 0 Å². The molecule has 1 unspecified atom stereocenters. The van der Waals surface area contributed by atoms with Gasteiger partial charge in [-0.1, -0.05) is 20.8 Å². The molecular weight excluding hydrogens is 246 g/mol. The molecule has 1 atom stereocenters. The van der Waals surface area contributed by atoms with Crippen LogP contribution in [0.15, 0.2) is 0 Å². The van der Waals surface area contributed by atoms with Crippen molar-refractivity contribution < 1.29 is 14.7 Å². The smallest absolute Gasteiger partial charge is 0.315 e. The number of carboxylic acids is 1. The highest BCUT2D eigenvalue weighted by molar-refractivity contribution is 5.75. The van der Waals surface area contributed by atoms with Crippen molar-refractivity contribution in [2.24, 2.45) is 0 Å². The molecule has 6 heteroatoms. The Balaban J connectivity index is 3.76. The Morgan fingerprint density at radius 2 is 1.84 bits per heavy atom. The third kappa shape index (κ3) is 9.30. The summed E-state index contributed by atoms with van der Waals surface area (Å²) < 4.78 is 0. The number of carbonyl (C=O) groups excluding carboxylic acids is 1. The number of carboxylic acid groups (broad SMARTS) is 1. The molecule has 3 N–H and O–H groups in total. The van der Waals surface area contributed by atoms with Gasteiger partial charge in [-0.15, -0.1) is 0 Å². The molecule has 19 heavy (non-hydrogen) atoms. The molecule has 0 aliphatic rings. The average molecular weight is 273 g/mol. The Labute approximate surface area is 115 Å². The lowest BCUT2D eigenvalue weighted by atomic mass is 10.1. The van der Waals surface area contributed by atoms with E-state index in [0.717, 1.165) is 26.1 Å². The largest absolute Gasteiger partial charge is 0.481 e. The topological polar surface area (TPSA) is 81.7 Å². The molecule has 0 aromatic carbocycles. The SMILES string of the molecule is CCC(CC(=O)O)NC(=O)NCCCN(CC)CC. The van der Waals surface area contributed by atoms with Crippen LogP contribution < -0.4 is 10.6 Å². The van der Waals surface area contributed by atoms with Gasteiger partial charge < -0.3 is 20.6 Å². The Bertz CT molecular complexity index is 268. The predicted molar refractivity (Wildman–Crippen MR) is 75.3 cm³/mol. The highest BCUT2D eigenvalue weighted by Crippen LogP contribution is 1.97. The first kappa shape index (κ1) is 17.7. The summed E-state index contributed by atoms with van der Waals surface area (Å²) in [5.41, 5.74) is 0. The number of amides is 2. The van der Waals surface area contributed by atoms with Crippen LogP contribution in [0.2, 0.25) is 0 Å². The Morgan fingerprint density at radius 3 is 2.32 bits per heavy atom. The quantitative estimate of drug-likeness (QED) is 0.524. The summed E-state index contributed by atoms with van der Waals surface area (Å²) in [7, 11) is 0.